The second-order valence-corrected chi connectivity index (χ2v) is 10.8. The first kappa shape index (κ1) is 23.6. The van der Waals surface area contributed by atoms with Gasteiger partial charge in [-0.1, -0.05) is 36.4 Å². The highest BCUT2D eigenvalue weighted by Gasteiger charge is 2.41. The molecule has 7 rings (SSSR count). The summed E-state index contributed by atoms with van der Waals surface area (Å²) in [6.07, 6.45) is 6.06. The Morgan fingerprint density at radius 1 is 0.868 bits per heavy atom. The van der Waals surface area contributed by atoms with Gasteiger partial charge in [0.25, 0.3) is 0 Å². The summed E-state index contributed by atoms with van der Waals surface area (Å²) in [4.78, 5) is 0. The molecule has 192 valence electrons. The van der Waals surface area contributed by atoms with E-state index in [-0.39, 0.29) is 5.82 Å². The predicted molar refractivity (Wildman–Crippen MR) is 146 cm³/mol. The van der Waals surface area contributed by atoms with Crippen molar-refractivity contribution in [3.05, 3.63) is 89.9 Å². The molecule has 0 radical (unpaired) electrons. The number of fused-ring (bicyclic) bond motifs is 3. The van der Waals surface area contributed by atoms with Crippen molar-refractivity contribution in [2.75, 3.05) is 13.2 Å². The summed E-state index contributed by atoms with van der Waals surface area (Å²) in [6, 6.07) is 22.0. The zero-order valence-electron chi connectivity index (χ0n) is 21.8. The van der Waals surface area contributed by atoms with E-state index in [1.807, 2.05) is 43.6 Å². The van der Waals surface area contributed by atoms with Crippen molar-refractivity contribution in [1.29, 1.82) is 0 Å². The molecule has 1 spiro atoms. The fraction of sp³-hybridized carbons (Fsp3) is 0.303. The van der Waals surface area contributed by atoms with E-state index in [1.165, 1.54) is 5.56 Å². The van der Waals surface area contributed by atoms with Crippen LogP contribution in [-0.2, 0) is 16.5 Å². The lowest BCUT2D eigenvalue weighted by molar-refractivity contribution is -0.660. The smallest absolute Gasteiger partial charge is 0.216 e. The van der Waals surface area contributed by atoms with E-state index in [2.05, 4.69) is 41.8 Å². The highest BCUT2D eigenvalue weighted by atomic mass is 19.1. The topological polar surface area (TPSA) is 35.5 Å². The van der Waals surface area contributed by atoms with E-state index < -0.39 is 5.79 Å². The number of halogens is 1. The number of aromatic nitrogens is 1. The van der Waals surface area contributed by atoms with Gasteiger partial charge < -0.3 is 13.9 Å². The first-order chi connectivity index (χ1) is 18.5. The van der Waals surface area contributed by atoms with E-state index in [0.717, 1.165) is 64.4 Å². The van der Waals surface area contributed by atoms with Gasteiger partial charge in [0.2, 0.25) is 5.69 Å². The van der Waals surface area contributed by atoms with Crippen LogP contribution >= 0.6 is 0 Å². The van der Waals surface area contributed by atoms with Crippen molar-refractivity contribution < 1.29 is 22.8 Å². The maximum Gasteiger partial charge on any atom is 0.216 e. The molecule has 1 aliphatic carbocycles. The minimum absolute atomic E-state index is 0.280. The SMILES string of the molecule is Cc1ccc2c(oc3c(-c4ccc(C5CCCC6(C5)OCCO6)cc4)c(F)ccc32)c1-c1cccc[n+]1C. The molecule has 38 heavy (non-hydrogen) atoms. The second-order valence-electron chi connectivity index (χ2n) is 10.8. The van der Waals surface area contributed by atoms with Crippen molar-refractivity contribution in [3.8, 4) is 22.4 Å². The number of nitrogens with zero attached hydrogens (tertiary/aromatic N) is 1. The molecule has 2 aliphatic rings. The van der Waals surface area contributed by atoms with E-state index in [1.54, 1.807) is 6.07 Å². The van der Waals surface area contributed by atoms with Gasteiger partial charge in [0, 0.05) is 35.7 Å². The Bertz CT molecular complexity index is 1660. The zero-order valence-corrected chi connectivity index (χ0v) is 21.8. The molecule has 3 aromatic carbocycles. The summed E-state index contributed by atoms with van der Waals surface area (Å²) < 4.78 is 36.1. The van der Waals surface area contributed by atoms with Crippen LogP contribution in [0.3, 0.4) is 0 Å². The number of aryl methyl sites for hydroxylation is 2. The molecule has 1 aliphatic heterocycles. The van der Waals surface area contributed by atoms with Crippen molar-refractivity contribution in [3.63, 3.8) is 0 Å². The van der Waals surface area contributed by atoms with Crippen LogP contribution < -0.4 is 4.57 Å². The van der Waals surface area contributed by atoms with E-state index in [4.69, 9.17) is 13.9 Å². The Kier molecular flexibility index (Phi) is 5.60. The molecule has 0 N–H and O–H groups in total. The first-order valence-electron chi connectivity index (χ1n) is 13.5. The molecule has 3 heterocycles. The fourth-order valence-corrected chi connectivity index (χ4v) is 6.51. The van der Waals surface area contributed by atoms with Crippen LogP contribution in [0.2, 0.25) is 0 Å². The Labute approximate surface area is 221 Å². The number of furan rings is 1. The van der Waals surface area contributed by atoms with Gasteiger partial charge in [-0.3, -0.25) is 0 Å². The van der Waals surface area contributed by atoms with Crippen LogP contribution in [0.15, 0.2) is 77.3 Å². The third-order valence-electron chi connectivity index (χ3n) is 8.43. The molecule has 2 fully saturated rings. The van der Waals surface area contributed by atoms with Crippen molar-refractivity contribution >= 4 is 21.9 Å². The largest absolute Gasteiger partial charge is 0.454 e. The number of benzene rings is 3. The third-order valence-corrected chi connectivity index (χ3v) is 8.43. The molecule has 5 heteroatoms. The normalized spacial score (nSPS) is 19.1. The lowest BCUT2D eigenvalue weighted by atomic mass is 9.80. The van der Waals surface area contributed by atoms with Gasteiger partial charge in [-0.25, -0.2) is 8.96 Å². The summed E-state index contributed by atoms with van der Waals surface area (Å²) in [7, 11) is 2.03. The van der Waals surface area contributed by atoms with Crippen molar-refractivity contribution in [1.82, 2.24) is 0 Å². The number of hydrogen-bond acceptors (Lipinski definition) is 3. The molecule has 4 nitrogen and oxygen atoms in total. The lowest BCUT2D eigenvalue weighted by Gasteiger charge is -2.36. The van der Waals surface area contributed by atoms with Gasteiger partial charge in [-0.2, -0.15) is 0 Å². The quantitative estimate of drug-likeness (QED) is 0.236. The average Bonchev–Trinajstić information content (AvgIpc) is 3.53. The minimum atomic E-state index is -0.418. The zero-order chi connectivity index (χ0) is 25.9. The molecule has 1 saturated carbocycles. The Balaban J connectivity index is 1.33. The fourth-order valence-electron chi connectivity index (χ4n) is 6.51. The van der Waals surface area contributed by atoms with Crippen LogP contribution in [0.5, 0.6) is 0 Å². The summed E-state index contributed by atoms with van der Waals surface area (Å²) in [5.41, 5.74) is 7.15. The maximum atomic E-state index is 15.5. The minimum Gasteiger partial charge on any atom is -0.454 e. The van der Waals surface area contributed by atoms with Crippen LogP contribution in [0.1, 0.15) is 42.7 Å². The van der Waals surface area contributed by atoms with Crippen LogP contribution in [-0.4, -0.2) is 19.0 Å². The molecule has 0 bridgehead atoms. The second kappa shape index (κ2) is 9.04. The molecule has 2 aromatic heterocycles. The van der Waals surface area contributed by atoms with E-state index in [9.17, 15) is 0 Å². The van der Waals surface area contributed by atoms with Gasteiger partial charge in [0.1, 0.15) is 24.0 Å². The average molecular weight is 509 g/mol. The maximum absolute atomic E-state index is 15.5. The van der Waals surface area contributed by atoms with Crippen LogP contribution in [0.4, 0.5) is 4.39 Å². The van der Waals surface area contributed by atoms with Crippen LogP contribution in [0, 0.1) is 12.7 Å². The number of pyridine rings is 1. The third kappa shape index (κ3) is 3.76. The van der Waals surface area contributed by atoms with Crippen molar-refractivity contribution in [2.45, 2.75) is 44.3 Å². The van der Waals surface area contributed by atoms with Crippen LogP contribution in [0.25, 0.3) is 44.3 Å². The first-order valence-corrected chi connectivity index (χ1v) is 13.5. The molecular weight excluding hydrogens is 477 g/mol. The van der Waals surface area contributed by atoms with Gasteiger partial charge >= 0.3 is 0 Å². The highest BCUT2D eigenvalue weighted by molar-refractivity contribution is 6.13. The summed E-state index contributed by atoms with van der Waals surface area (Å²) in [5.74, 6) is -0.323. The summed E-state index contributed by atoms with van der Waals surface area (Å²) in [5, 5.41) is 1.91. The van der Waals surface area contributed by atoms with Gasteiger partial charge in [0.15, 0.2) is 12.0 Å². The molecule has 0 amide bonds. The Hall–Kier alpha value is -3.54. The molecule has 5 aromatic rings. The summed E-state index contributed by atoms with van der Waals surface area (Å²) >= 11 is 0. The summed E-state index contributed by atoms with van der Waals surface area (Å²) in [6.45, 7) is 3.44. The Morgan fingerprint density at radius 2 is 1.61 bits per heavy atom. The van der Waals surface area contributed by atoms with Gasteiger partial charge in [-0.15, -0.1) is 0 Å². The lowest BCUT2D eigenvalue weighted by Crippen LogP contribution is -2.35. The number of ether oxygens (including phenoxy) is 2. The van der Waals surface area contributed by atoms with E-state index in [0.29, 0.717) is 30.3 Å². The predicted octanol–water partition coefficient (Wildman–Crippen LogP) is 7.59. The standard InChI is InChI=1S/C33H31FNO3/c1-21-8-13-25-26-14-15-27(34)30(32(26)38-31(25)29(21)28-7-3-4-17-35(28)2)23-11-9-22(10-12-23)24-6-5-16-33(20-24)36-18-19-37-33/h3-4,7-15,17,24H,5-6,16,18-20H2,1-2H3/q+1. The van der Waals surface area contributed by atoms with Crippen molar-refractivity contribution in [2.24, 2.45) is 7.05 Å². The monoisotopic (exact) mass is 508 g/mol. The molecular formula is C33H31FNO3+. The molecule has 1 saturated heterocycles. The van der Waals surface area contributed by atoms with Gasteiger partial charge in [0.05, 0.1) is 24.3 Å². The number of hydrogen-bond donors (Lipinski definition) is 0. The number of rotatable bonds is 3. The molecule has 1 atom stereocenters. The molecule has 1 unspecified atom stereocenters. The highest BCUT2D eigenvalue weighted by Crippen LogP contribution is 2.45. The van der Waals surface area contributed by atoms with Gasteiger partial charge in [-0.05, 0) is 60.6 Å². The van der Waals surface area contributed by atoms with E-state index >= 15 is 4.39 Å². The Morgan fingerprint density at radius 3 is 2.37 bits per heavy atom.